The summed E-state index contributed by atoms with van der Waals surface area (Å²) >= 11 is 0. The quantitative estimate of drug-likeness (QED) is 0.792. The molecule has 2 N–H and O–H groups in total. The minimum atomic E-state index is -4.27. The summed E-state index contributed by atoms with van der Waals surface area (Å²) in [6, 6.07) is 0. The number of hydrogen-bond donors (Lipinski definition) is 1. The minimum Gasteiger partial charge on any atom is -0.339 e. The molecule has 20 heavy (non-hydrogen) atoms. The molecule has 116 valence electrons. The molecule has 6 heteroatoms. The fourth-order valence-corrected chi connectivity index (χ4v) is 2.46. The third kappa shape index (κ3) is 5.15. The average Bonchev–Trinajstić information content (AvgIpc) is 2.36. The number of amides is 1. The zero-order valence-electron chi connectivity index (χ0n) is 12.0. The first-order chi connectivity index (χ1) is 9.24. The molecule has 0 bridgehead atoms. The molecule has 1 amide bonds. The SMILES string of the molecule is CC(C)C[C@H](CN)CC(=O)N1CC=C(C(F)(F)F)CC1. The van der Waals surface area contributed by atoms with Gasteiger partial charge in [0.05, 0.1) is 0 Å². The van der Waals surface area contributed by atoms with E-state index in [0.717, 1.165) is 12.5 Å². The largest absolute Gasteiger partial charge is 0.412 e. The summed E-state index contributed by atoms with van der Waals surface area (Å²) in [5.41, 5.74) is 5.12. The maximum Gasteiger partial charge on any atom is 0.412 e. The van der Waals surface area contributed by atoms with E-state index in [1.165, 1.54) is 4.90 Å². The highest BCUT2D eigenvalue weighted by Crippen LogP contribution is 2.30. The summed E-state index contributed by atoms with van der Waals surface area (Å²) in [7, 11) is 0. The third-order valence-electron chi connectivity index (χ3n) is 3.53. The van der Waals surface area contributed by atoms with Gasteiger partial charge in [0, 0.05) is 25.1 Å². The van der Waals surface area contributed by atoms with Gasteiger partial charge in [0.2, 0.25) is 5.91 Å². The molecule has 0 fully saturated rings. The van der Waals surface area contributed by atoms with Crippen LogP contribution in [0.2, 0.25) is 0 Å². The second-order valence-corrected chi connectivity index (χ2v) is 5.75. The lowest BCUT2D eigenvalue weighted by atomic mass is 9.93. The van der Waals surface area contributed by atoms with Crippen LogP contribution < -0.4 is 5.73 Å². The van der Waals surface area contributed by atoms with E-state index < -0.39 is 11.7 Å². The molecule has 0 aromatic heterocycles. The van der Waals surface area contributed by atoms with Crippen molar-refractivity contribution < 1.29 is 18.0 Å². The summed E-state index contributed by atoms with van der Waals surface area (Å²) in [6.07, 6.45) is -2.09. The summed E-state index contributed by atoms with van der Waals surface area (Å²) in [6.45, 7) is 4.75. The number of nitrogens with zero attached hydrogens (tertiary/aromatic N) is 1. The Kier molecular flexibility index (Phi) is 6.05. The smallest absolute Gasteiger partial charge is 0.339 e. The van der Waals surface area contributed by atoms with Crippen molar-refractivity contribution in [2.75, 3.05) is 19.6 Å². The van der Waals surface area contributed by atoms with Gasteiger partial charge in [-0.1, -0.05) is 19.9 Å². The summed E-state index contributed by atoms with van der Waals surface area (Å²) in [5, 5.41) is 0. The first-order valence-electron chi connectivity index (χ1n) is 6.98. The van der Waals surface area contributed by atoms with Crippen LogP contribution in [0, 0.1) is 11.8 Å². The second-order valence-electron chi connectivity index (χ2n) is 5.75. The van der Waals surface area contributed by atoms with E-state index in [1.807, 2.05) is 0 Å². The van der Waals surface area contributed by atoms with E-state index >= 15 is 0 Å². The van der Waals surface area contributed by atoms with Gasteiger partial charge >= 0.3 is 6.18 Å². The van der Waals surface area contributed by atoms with Crippen LogP contribution in [-0.4, -0.2) is 36.6 Å². The molecule has 1 atom stereocenters. The Hall–Kier alpha value is -1.04. The number of carbonyl (C=O) groups excluding carboxylic acids is 1. The normalized spacial score (nSPS) is 18.1. The zero-order chi connectivity index (χ0) is 15.3. The Morgan fingerprint density at radius 3 is 2.50 bits per heavy atom. The lowest BCUT2D eigenvalue weighted by molar-refractivity contribution is -0.133. The van der Waals surface area contributed by atoms with Gasteiger partial charge in [0.25, 0.3) is 0 Å². The summed E-state index contributed by atoms with van der Waals surface area (Å²) in [4.78, 5) is 13.5. The number of hydrogen-bond acceptors (Lipinski definition) is 2. The zero-order valence-corrected chi connectivity index (χ0v) is 12.0. The van der Waals surface area contributed by atoms with Crippen LogP contribution in [0.15, 0.2) is 11.6 Å². The highest BCUT2D eigenvalue weighted by Gasteiger charge is 2.35. The molecule has 0 saturated heterocycles. The maximum absolute atomic E-state index is 12.5. The topological polar surface area (TPSA) is 46.3 Å². The van der Waals surface area contributed by atoms with Crippen molar-refractivity contribution >= 4 is 5.91 Å². The van der Waals surface area contributed by atoms with E-state index in [2.05, 4.69) is 13.8 Å². The van der Waals surface area contributed by atoms with Gasteiger partial charge in [-0.2, -0.15) is 13.2 Å². The Morgan fingerprint density at radius 1 is 1.45 bits per heavy atom. The van der Waals surface area contributed by atoms with Crippen LogP contribution in [0.1, 0.15) is 33.1 Å². The molecular weight excluding hydrogens is 269 g/mol. The van der Waals surface area contributed by atoms with Crippen LogP contribution in [-0.2, 0) is 4.79 Å². The van der Waals surface area contributed by atoms with Gasteiger partial charge < -0.3 is 10.6 Å². The molecule has 3 nitrogen and oxygen atoms in total. The van der Waals surface area contributed by atoms with Crippen LogP contribution in [0.4, 0.5) is 13.2 Å². The van der Waals surface area contributed by atoms with Gasteiger partial charge in [-0.15, -0.1) is 0 Å². The van der Waals surface area contributed by atoms with Crippen molar-refractivity contribution in [2.45, 2.75) is 39.3 Å². The second kappa shape index (κ2) is 7.11. The molecule has 1 aliphatic heterocycles. The molecule has 1 rings (SSSR count). The Morgan fingerprint density at radius 2 is 2.10 bits per heavy atom. The highest BCUT2D eigenvalue weighted by molar-refractivity contribution is 5.76. The molecule has 1 aliphatic rings. The Balaban J connectivity index is 2.52. The van der Waals surface area contributed by atoms with E-state index in [0.29, 0.717) is 18.9 Å². The Labute approximate surface area is 118 Å². The van der Waals surface area contributed by atoms with Crippen molar-refractivity contribution in [3.8, 4) is 0 Å². The molecule has 0 unspecified atom stereocenters. The fraction of sp³-hybridized carbons (Fsp3) is 0.786. The first-order valence-corrected chi connectivity index (χ1v) is 6.98. The summed E-state index contributed by atoms with van der Waals surface area (Å²) in [5.74, 6) is 0.462. The van der Waals surface area contributed by atoms with Crippen molar-refractivity contribution in [3.63, 3.8) is 0 Å². The van der Waals surface area contributed by atoms with Crippen molar-refractivity contribution in [1.82, 2.24) is 4.90 Å². The predicted octanol–water partition coefficient (Wildman–Crippen LogP) is 2.72. The van der Waals surface area contributed by atoms with Gasteiger partial charge in [-0.05, 0) is 31.2 Å². The predicted molar refractivity (Wildman–Crippen MR) is 72.0 cm³/mol. The molecule has 0 aromatic carbocycles. The van der Waals surface area contributed by atoms with Gasteiger partial charge in [-0.3, -0.25) is 4.79 Å². The van der Waals surface area contributed by atoms with E-state index in [4.69, 9.17) is 5.73 Å². The van der Waals surface area contributed by atoms with E-state index in [9.17, 15) is 18.0 Å². The lowest BCUT2D eigenvalue weighted by Crippen LogP contribution is -2.38. The van der Waals surface area contributed by atoms with Gasteiger partial charge in [0.1, 0.15) is 0 Å². The molecular formula is C14H23F3N2O. The third-order valence-corrected chi connectivity index (χ3v) is 3.53. The van der Waals surface area contributed by atoms with E-state index in [1.54, 1.807) is 0 Å². The summed E-state index contributed by atoms with van der Waals surface area (Å²) < 4.78 is 37.5. The van der Waals surface area contributed by atoms with Crippen LogP contribution >= 0.6 is 0 Å². The average molecular weight is 292 g/mol. The number of halogens is 3. The van der Waals surface area contributed by atoms with E-state index in [-0.39, 0.29) is 31.3 Å². The maximum atomic E-state index is 12.5. The number of alkyl halides is 3. The lowest BCUT2D eigenvalue weighted by Gasteiger charge is -2.29. The van der Waals surface area contributed by atoms with Crippen LogP contribution in [0.25, 0.3) is 0 Å². The fourth-order valence-electron chi connectivity index (χ4n) is 2.46. The number of rotatable bonds is 5. The van der Waals surface area contributed by atoms with Gasteiger partial charge in [0.15, 0.2) is 0 Å². The standard InChI is InChI=1S/C14H23F3N2O/c1-10(2)7-11(9-18)8-13(20)19-5-3-12(4-6-19)14(15,16)17/h3,10-11H,4-9,18H2,1-2H3/t11-/m0/s1. The molecule has 0 spiro atoms. The molecule has 0 saturated carbocycles. The Bertz CT molecular complexity index is 364. The van der Waals surface area contributed by atoms with Crippen molar-refractivity contribution in [2.24, 2.45) is 17.6 Å². The minimum absolute atomic E-state index is 0.0483. The molecule has 0 aromatic rings. The monoisotopic (exact) mass is 292 g/mol. The van der Waals surface area contributed by atoms with Crippen LogP contribution in [0.5, 0.6) is 0 Å². The highest BCUT2D eigenvalue weighted by atomic mass is 19.4. The van der Waals surface area contributed by atoms with Crippen LogP contribution in [0.3, 0.4) is 0 Å². The molecule has 0 aliphatic carbocycles. The molecule has 0 radical (unpaired) electrons. The molecule has 1 heterocycles. The number of nitrogens with two attached hydrogens (primary N) is 1. The number of carbonyl (C=O) groups is 1. The van der Waals surface area contributed by atoms with Gasteiger partial charge in [-0.25, -0.2) is 0 Å². The first kappa shape index (κ1) is 17.0. The van der Waals surface area contributed by atoms with Crippen molar-refractivity contribution in [3.05, 3.63) is 11.6 Å². The van der Waals surface area contributed by atoms with Crippen molar-refractivity contribution in [1.29, 1.82) is 0 Å².